The largest absolute Gasteiger partial charge is 0.497 e. The van der Waals surface area contributed by atoms with Crippen molar-refractivity contribution in [2.75, 3.05) is 33.3 Å². The predicted molar refractivity (Wildman–Crippen MR) is 102 cm³/mol. The van der Waals surface area contributed by atoms with Crippen molar-refractivity contribution in [3.05, 3.63) is 54.3 Å². The fraction of sp³-hybridized carbons (Fsp3) is 0.286. The molecule has 0 unspecified atom stereocenters. The molecule has 0 spiro atoms. The molecule has 1 amide bonds. The zero-order valence-electron chi connectivity index (χ0n) is 14.8. The third-order valence-electron chi connectivity index (χ3n) is 4.78. The first-order valence-corrected chi connectivity index (χ1v) is 8.94. The molecule has 1 aromatic heterocycles. The van der Waals surface area contributed by atoms with E-state index in [-0.39, 0.29) is 5.91 Å². The van der Waals surface area contributed by atoms with Crippen molar-refractivity contribution in [2.45, 2.75) is 6.42 Å². The van der Waals surface area contributed by atoms with Gasteiger partial charge in [0.05, 0.1) is 7.11 Å². The number of amides is 1. The minimum Gasteiger partial charge on any atom is -0.497 e. The highest BCUT2D eigenvalue weighted by Crippen LogP contribution is 2.37. The van der Waals surface area contributed by atoms with Gasteiger partial charge in [-0.15, -0.1) is 0 Å². The molecule has 5 nitrogen and oxygen atoms in total. The molecule has 0 atom stereocenters. The topological polar surface area (TPSA) is 54.7 Å². The number of carbonyl (C=O) groups excluding carboxylic acids is 1. The molecule has 0 saturated carbocycles. The van der Waals surface area contributed by atoms with Crippen LogP contribution in [0.25, 0.3) is 22.1 Å². The molecule has 1 aliphatic rings. The fourth-order valence-electron chi connectivity index (χ4n) is 3.44. The summed E-state index contributed by atoms with van der Waals surface area (Å²) >= 11 is 0. The molecule has 1 aliphatic heterocycles. The molecule has 1 N–H and O–H groups in total. The highest BCUT2D eigenvalue weighted by Gasteiger charge is 2.26. The van der Waals surface area contributed by atoms with Crippen LogP contribution in [-0.4, -0.2) is 44.1 Å². The number of carbonyl (C=O) groups is 1. The Hall–Kier alpha value is -2.79. The quantitative estimate of drug-likeness (QED) is 0.785. The molecule has 4 rings (SSSR count). The predicted octanol–water partition coefficient (Wildman–Crippen LogP) is 3.54. The van der Waals surface area contributed by atoms with Gasteiger partial charge in [0.15, 0.2) is 0 Å². The second-order valence-electron chi connectivity index (χ2n) is 6.43. The Morgan fingerprint density at radius 1 is 1.12 bits per heavy atom. The molecule has 1 fully saturated rings. The summed E-state index contributed by atoms with van der Waals surface area (Å²) in [6, 6.07) is 15.6. The zero-order valence-corrected chi connectivity index (χ0v) is 14.8. The number of rotatable bonds is 3. The summed E-state index contributed by atoms with van der Waals surface area (Å²) in [6.07, 6.45) is 0.945. The van der Waals surface area contributed by atoms with Gasteiger partial charge in [0, 0.05) is 36.7 Å². The van der Waals surface area contributed by atoms with Crippen LogP contribution in [0.15, 0.2) is 52.9 Å². The molecule has 5 heteroatoms. The molecule has 0 aliphatic carbocycles. The number of hydrogen-bond acceptors (Lipinski definition) is 4. The van der Waals surface area contributed by atoms with Crippen LogP contribution in [0.5, 0.6) is 5.75 Å². The molecule has 1 saturated heterocycles. The van der Waals surface area contributed by atoms with Gasteiger partial charge >= 0.3 is 0 Å². The lowest BCUT2D eigenvalue weighted by molar-refractivity contribution is 0.0738. The Bertz CT molecular complexity index is 910. The number of fused-ring (bicyclic) bond motifs is 1. The summed E-state index contributed by atoms with van der Waals surface area (Å²) in [5, 5.41) is 4.25. The monoisotopic (exact) mass is 350 g/mol. The van der Waals surface area contributed by atoms with Crippen molar-refractivity contribution in [1.82, 2.24) is 10.2 Å². The first-order chi connectivity index (χ1) is 12.8. The highest BCUT2D eigenvalue weighted by atomic mass is 16.5. The lowest BCUT2D eigenvalue weighted by Crippen LogP contribution is -2.34. The van der Waals surface area contributed by atoms with Gasteiger partial charge in [-0.25, -0.2) is 0 Å². The van der Waals surface area contributed by atoms with Crippen molar-refractivity contribution in [2.24, 2.45) is 0 Å². The molecule has 3 aromatic rings. The van der Waals surface area contributed by atoms with E-state index in [1.165, 1.54) is 0 Å². The van der Waals surface area contributed by atoms with E-state index in [0.717, 1.165) is 42.6 Å². The molecule has 2 aromatic carbocycles. The van der Waals surface area contributed by atoms with Crippen LogP contribution in [0.4, 0.5) is 0 Å². The maximum Gasteiger partial charge on any atom is 0.290 e. The van der Waals surface area contributed by atoms with Gasteiger partial charge in [0.1, 0.15) is 11.3 Å². The molecule has 0 radical (unpaired) electrons. The molecule has 134 valence electrons. The molecule has 26 heavy (non-hydrogen) atoms. The maximum atomic E-state index is 13.2. The van der Waals surface area contributed by atoms with Crippen molar-refractivity contribution >= 4 is 16.9 Å². The van der Waals surface area contributed by atoms with Crippen LogP contribution in [-0.2, 0) is 0 Å². The average molecular weight is 350 g/mol. The number of hydrogen-bond donors (Lipinski definition) is 1. The first kappa shape index (κ1) is 16.7. The van der Waals surface area contributed by atoms with E-state index in [1.807, 2.05) is 53.4 Å². The Balaban J connectivity index is 1.85. The maximum absolute atomic E-state index is 13.2. The van der Waals surface area contributed by atoms with Crippen LogP contribution < -0.4 is 10.1 Å². The van der Waals surface area contributed by atoms with E-state index >= 15 is 0 Å². The minimum absolute atomic E-state index is 0.0530. The van der Waals surface area contributed by atoms with Crippen molar-refractivity contribution in [1.29, 1.82) is 0 Å². The number of furan rings is 1. The molecular weight excluding hydrogens is 328 g/mol. The molecule has 2 heterocycles. The van der Waals surface area contributed by atoms with Gasteiger partial charge in [-0.05, 0) is 30.7 Å². The SMILES string of the molecule is COc1ccc2c(-c3ccccc3)c(C(=O)N3CCCNCC3)oc2c1. The second kappa shape index (κ2) is 7.22. The highest BCUT2D eigenvalue weighted by molar-refractivity contribution is 6.08. The van der Waals surface area contributed by atoms with E-state index in [1.54, 1.807) is 7.11 Å². The van der Waals surface area contributed by atoms with E-state index in [9.17, 15) is 4.79 Å². The summed E-state index contributed by atoms with van der Waals surface area (Å²) in [5.74, 6) is 1.06. The van der Waals surface area contributed by atoms with E-state index < -0.39 is 0 Å². The Morgan fingerprint density at radius 2 is 1.96 bits per heavy atom. The van der Waals surface area contributed by atoms with Crippen LogP contribution in [0.1, 0.15) is 17.0 Å². The third-order valence-corrected chi connectivity index (χ3v) is 4.78. The number of methoxy groups -OCH3 is 1. The van der Waals surface area contributed by atoms with Gasteiger partial charge in [-0.3, -0.25) is 4.79 Å². The number of nitrogens with zero attached hydrogens (tertiary/aromatic N) is 1. The van der Waals surface area contributed by atoms with Crippen LogP contribution >= 0.6 is 0 Å². The second-order valence-corrected chi connectivity index (χ2v) is 6.43. The summed E-state index contributed by atoms with van der Waals surface area (Å²) < 4.78 is 11.4. The fourth-order valence-corrected chi connectivity index (χ4v) is 3.44. The lowest BCUT2D eigenvalue weighted by Gasteiger charge is -2.19. The van der Waals surface area contributed by atoms with Gasteiger partial charge < -0.3 is 19.4 Å². The van der Waals surface area contributed by atoms with Crippen molar-refractivity contribution in [3.63, 3.8) is 0 Å². The lowest BCUT2D eigenvalue weighted by atomic mass is 10.0. The molecule has 0 bridgehead atoms. The van der Waals surface area contributed by atoms with Gasteiger partial charge in [0.2, 0.25) is 5.76 Å². The van der Waals surface area contributed by atoms with Crippen LogP contribution in [0.2, 0.25) is 0 Å². The Labute approximate surface area is 152 Å². The summed E-state index contributed by atoms with van der Waals surface area (Å²) in [5.41, 5.74) is 2.50. The van der Waals surface area contributed by atoms with Crippen molar-refractivity contribution in [3.8, 4) is 16.9 Å². The number of nitrogens with one attached hydrogen (secondary N) is 1. The van der Waals surface area contributed by atoms with E-state index in [4.69, 9.17) is 9.15 Å². The zero-order chi connectivity index (χ0) is 17.9. The third kappa shape index (κ3) is 3.06. The van der Waals surface area contributed by atoms with Gasteiger partial charge in [-0.1, -0.05) is 30.3 Å². The first-order valence-electron chi connectivity index (χ1n) is 8.94. The van der Waals surface area contributed by atoms with E-state index in [0.29, 0.717) is 23.6 Å². The normalized spacial score (nSPS) is 15.0. The van der Waals surface area contributed by atoms with Crippen LogP contribution in [0, 0.1) is 0 Å². The Kier molecular flexibility index (Phi) is 4.63. The van der Waals surface area contributed by atoms with E-state index in [2.05, 4.69) is 5.32 Å². The average Bonchev–Trinajstić information content (AvgIpc) is 2.86. The summed E-state index contributed by atoms with van der Waals surface area (Å²) in [4.78, 5) is 15.1. The number of benzene rings is 2. The van der Waals surface area contributed by atoms with Gasteiger partial charge in [0.25, 0.3) is 5.91 Å². The van der Waals surface area contributed by atoms with Crippen LogP contribution in [0.3, 0.4) is 0 Å². The Morgan fingerprint density at radius 3 is 2.77 bits per heavy atom. The molecular formula is C21H22N2O3. The van der Waals surface area contributed by atoms with Gasteiger partial charge in [-0.2, -0.15) is 0 Å². The summed E-state index contributed by atoms with van der Waals surface area (Å²) in [6.45, 7) is 3.17. The minimum atomic E-state index is -0.0530. The standard InChI is InChI=1S/C21H22N2O3/c1-25-16-8-9-17-18(14-16)26-20(19(17)15-6-3-2-4-7-15)21(24)23-12-5-10-22-11-13-23/h2-4,6-9,14,22H,5,10-13H2,1H3. The summed E-state index contributed by atoms with van der Waals surface area (Å²) in [7, 11) is 1.62. The van der Waals surface area contributed by atoms with Crippen molar-refractivity contribution < 1.29 is 13.9 Å². The number of ether oxygens (including phenoxy) is 1. The smallest absolute Gasteiger partial charge is 0.290 e.